The van der Waals surface area contributed by atoms with Crippen LogP contribution in [-0.4, -0.2) is 80.6 Å². The second-order valence-corrected chi connectivity index (χ2v) is 13.4. The average molecular weight is 778 g/mol. The van der Waals surface area contributed by atoms with Gasteiger partial charge in [0.25, 0.3) is 11.8 Å². The molecule has 0 saturated carbocycles. The van der Waals surface area contributed by atoms with Crippen LogP contribution in [0.5, 0.6) is 11.5 Å². The summed E-state index contributed by atoms with van der Waals surface area (Å²) in [5, 5.41) is 22.2. The molecule has 0 spiro atoms. The first kappa shape index (κ1) is 32.1. The van der Waals surface area contributed by atoms with Crippen LogP contribution in [0.1, 0.15) is 92.9 Å². The van der Waals surface area contributed by atoms with E-state index in [4.69, 9.17) is 17.7 Å². The maximum absolute atomic E-state index is 14.9. The van der Waals surface area contributed by atoms with Gasteiger partial charge >= 0.3 is 18.3 Å². The zero-order chi connectivity index (χ0) is 44.0. The number of thiophene rings is 1. The predicted molar refractivity (Wildman–Crippen MR) is 179 cm³/mol. The number of para-hydroxylation sites is 1. The monoisotopic (exact) mass is 777 g/mol. The molecule has 3 aromatic rings. The number of likely N-dealkylation sites (tertiary alicyclic amines) is 2. The minimum atomic E-state index is -4.99. The molecule has 2 amide bonds. The Balaban J connectivity index is 1.50. The Hall–Kier alpha value is -4.38. The number of piperidine rings is 2. The van der Waals surface area contributed by atoms with Gasteiger partial charge in [-0.15, -0.1) is 11.3 Å². The summed E-state index contributed by atoms with van der Waals surface area (Å²) in [6.45, 7) is -2.70. The third-order valence-corrected chi connectivity index (χ3v) is 10.1. The van der Waals surface area contributed by atoms with Gasteiger partial charge in [-0.05, 0) is 50.3 Å². The van der Waals surface area contributed by atoms with E-state index in [1.165, 1.54) is 23.1 Å². The van der Waals surface area contributed by atoms with Crippen molar-refractivity contribution in [3.8, 4) is 11.5 Å². The van der Waals surface area contributed by atoms with Crippen LogP contribution in [0.2, 0.25) is 0 Å². The van der Waals surface area contributed by atoms with Gasteiger partial charge in [-0.1, -0.05) is 31.5 Å². The van der Waals surface area contributed by atoms with Crippen molar-refractivity contribution in [3.63, 3.8) is 0 Å². The zero-order valence-corrected chi connectivity index (χ0v) is 28.9. The molecule has 1 aromatic carbocycles. The second-order valence-electron chi connectivity index (χ2n) is 12.5. The summed E-state index contributed by atoms with van der Waals surface area (Å²) in [7, 11) is 0. The average Bonchev–Trinajstić information content (AvgIpc) is 3.64. The molecule has 17 heteroatoms. The van der Waals surface area contributed by atoms with Crippen molar-refractivity contribution in [1.29, 1.82) is 0 Å². The van der Waals surface area contributed by atoms with Crippen molar-refractivity contribution in [1.82, 2.24) is 14.8 Å². The van der Waals surface area contributed by atoms with E-state index in [0.29, 0.717) is 12.1 Å². The number of carboxylic acids is 1. The third-order valence-electron chi connectivity index (χ3n) is 9.16. The van der Waals surface area contributed by atoms with E-state index in [1.807, 2.05) is 0 Å². The molecule has 53 heavy (non-hydrogen) atoms. The summed E-state index contributed by atoms with van der Waals surface area (Å²) >= 11 is 0.285. The maximum atomic E-state index is 14.9. The lowest BCUT2D eigenvalue weighted by molar-refractivity contribution is -0.163. The van der Waals surface area contributed by atoms with Crippen LogP contribution < -0.4 is 9.47 Å². The number of carbonyl (C=O) groups is 3. The number of ether oxygens (including phenoxy) is 2. The molecular formula is C36H39F6N3O7S. The number of carboxylic acid groups (broad SMARTS) is 1. The SMILES string of the molecule is [2H]C([2H])(Oc1ccccc1C1(O)CCN(C(=O)[C@]2(Oc3csc(C(F)(F)F)c3)CCCN(C(=O)c3ncccc3C(F)(F)F)[C@@H]2CCC)CC1)C([2H])([2H])C([2H])([2H])C(=O)O. The molecule has 0 radical (unpaired) electrons. The molecule has 2 N–H and O–H groups in total. The highest BCUT2D eigenvalue weighted by Gasteiger charge is 2.56. The number of aliphatic carboxylic acids is 1. The first-order valence-corrected chi connectivity index (χ1v) is 17.3. The van der Waals surface area contributed by atoms with Gasteiger partial charge in [0.05, 0.1) is 26.5 Å². The van der Waals surface area contributed by atoms with Gasteiger partial charge in [0.1, 0.15) is 22.1 Å². The Morgan fingerprint density at radius 2 is 1.75 bits per heavy atom. The van der Waals surface area contributed by atoms with Gasteiger partial charge in [0, 0.05) is 61.1 Å². The lowest BCUT2D eigenvalue weighted by Gasteiger charge is -2.51. The third kappa shape index (κ3) is 8.72. The number of rotatable bonds is 12. The number of carbonyl (C=O) groups excluding carboxylic acids is 2. The summed E-state index contributed by atoms with van der Waals surface area (Å²) in [5.74, 6) is -5.16. The lowest BCUT2D eigenvalue weighted by Crippen LogP contribution is -2.68. The number of aliphatic hydroxyl groups is 1. The van der Waals surface area contributed by atoms with Crippen LogP contribution in [0.4, 0.5) is 26.3 Å². The Morgan fingerprint density at radius 1 is 1.04 bits per heavy atom. The number of halogens is 6. The molecule has 2 aliphatic rings. The molecule has 2 saturated heterocycles. The fourth-order valence-electron chi connectivity index (χ4n) is 6.79. The Labute approximate surface area is 313 Å². The van der Waals surface area contributed by atoms with Gasteiger partial charge in [0.15, 0.2) is 0 Å². The van der Waals surface area contributed by atoms with Crippen LogP contribution in [-0.2, 0) is 27.5 Å². The van der Waals surface area contributed by atoms with E-state index in [0.717, 1.165) is 28.6 Å². The van der Waals surface area contributed by atoms with Gasteiger partial charge in [0.2, 0.25) is 5.60 Å². The Bertz CT molecular complexity index is 2050. The van der Waals surface area contributed by atoms with Crippen molar-refractivity contribution in [3.05, 3.63) is 75.7 Å². The molecule has 0 aliphatic carbocycles. The van der Waals surface area contributed by atoms with Crippen LogP contribution in [0.25, 0.3) is 0 Å². The van der Waals surface area contributed by atoms with Crippen LogP contribution >= 0.6 is 11.3 Å². The van der Waals surface area contributed by atoms with Crippen LogP contribution in [0, 0.1) is 0 Å². The van der Waals surface area contributed by atoms with Gasteiger partial charge < -0.3 is 29.5 Å². The van der Waals surface area contributed by atoms with E-state index in [2.05, 4.69) is 4.98 Å². The molecule has 2 atom stereocenters. The first-order chi connectivity index (χ1) is 27.2. The number of amides is 2. The molecule has 2 aromatic heterocycles. The molecule has 10 nitrogen and oxygen atoms in total. The number of nitrogens with zero attached hydrogens (tertiary/aromatic N) is 3. The summed E-state index contributed by atoms with van der Waals surface area (Å²) in [6.07, 6.45) is -17.0. The standard InChI is InChI=1S/C36H39F6N3O7S/c1-2-8-27-34(52-23-21-28(53-22-23)36(40,41)42,13-7-17-45(27)31(48)30-25(35(37,38)39)10-5-16-43-30)32(49)44-18-14-33(50,15-19-44)24-9-3-4-11-26(24)51-20-6-12-29(46)47/h3-5,9-11,16,21-22,27,50H,2,6-8,12-15,17-20H2,1H3,(H,46,47)/t27-,34+/m1/s1/i6D2,12D2,20D2. The van der Waals surface area contributed by atoms with Gasteiger partial charge in [-0.3, -0.25) is 19.4 Å². The maximum Gasteiger partial charge on any atom is 0.425 e. The van der Waals surface area contributed by atoms with E-state index < -0.39 is 88.6 Å². The fraction of sp³-hybridized carbons (Fsp3) is 0.500. The highest BCUT2D eigenvalue weighted by Crippen LogP contribution is 2.44. The van der Waals surface area contributed by atoms with Crippen molar-refractivity contribution < 1.29 is 68.6 Å². The van der Waals surface area contributed by atoms with E-state index in [-0.39, 0.29) is 80.8 Å². The summed E-state index contributed by atoms with van der Waals surface area (Å²) in [6, 6.07) is 6.24. The topological polar surface area (TPSA) is 130 Å². The molecule has 0 unspecified atom stereocenters. The minimum absolute atomic E-state index is 0.0278. The Kier molecular flexibility index (Phi) is 9.64. The molecule has 0 bridgehead atoms. The van der Waals surface area contributed by atoms with Crippen LogP contribution in [0.15, 0.2) is 54.0 Å². The molecule has 4 heterocycles. The number of alkyl halides is 6. The summed E-state index contributed by atoms with van der Waals surface area (Å²) in [4.78, 5) is 45.4. The number of hydrogen-bond acceptors (Lipinski definition) is 8. The van der Waals surface area contributed by atoms with Gasteiger partial charge in [-0.2, -0.15) is 26.3 Å². The second kappa shape index (κ2) is 15.9. The highest BCUT2D eigenvalue weighted by atomic mass is 32.1. The number of hydrogen-bond donors (Lipinski definition) is 2. The molecule has 2 fully saturated rings. The summed E-state index contributed by atoms with van der Waals surface area (Å²) < 4.78 is 143. The largest absolute Gasteiger partial charge is 0.493 e. The molecular weight excluding hydrogens is 732 g/mol. The smallest absolute Gasteiger partial charge is 0.425 e. The number of pyridine rings is 1. The lowest BCUT2D eigenvalue weighted by atomic mass is 9.78. The number of aromatic nitrogens is 1. The molecule has 5 rings (SSSR count). The number of benzene rings is 1. The minimum Gasteiger partial charge on any atom is -0.493 e. The van der Waals surface area contributed by atoms with Crippen molar-refractivity contribution >= 4 is 29.1 Å². The molecule has 2 aliphatic heterocycles. The highest BCUT2D eigenvalue weighted by molar-refractivity contribution is 7.10. The Morgan fingerprint density at radius 3 is 2.40 bits per heavy atom. The van der Waals surface area contributed by atoms with E-state index in [9.17, 15) is 50.9 Å². The van der Waals surface area contributed by atoms with E-state index in [1.54, 1.807) is 6.92 Å². The fourth-order valence-corrected chi connectivity index (χ4v) is 7.47. The summed E-state index contributed by atoms with van der Waals surface area (Å²) in [5.41, 5.74) is -6.49. The van der Waals surface area contributed by atoms with Crippen molar-refractivity contribution in [2.75, 3.05) is 26.2 Å². The van der Waals surface area contributed by atoms with Crippen LogP contribution in [0.3, 0.4) is 0 Å². The van der Waals surface area contributed by atoms with E-state index >= 15 is 0 Å². The van der Waals surface area contributed by atoms with Crippen molar-refractivity contribution in [2.24, 2.45) is 0 Å². The normalized spacial score (nSPS) is 23.1. The van der Waals surface area contributed by atoms with Gasteiger partial charge in [-0.25, -0.2) is 0 Å². The quantitative estimate of drug-likeness (QED) is 0.186. The molecule has 288 valence electrons. The predicted octanol–water partition coefficient (Wildman–Crippen LogP) is 7.16. The van der Waals surface area contributed by atoms with Crippen molar-refractivity contribution in [2.45, 2.75) is 87.8 Å². The zero-order valence-electron chi connectivity index (χ0n) is 34.1. The first-order valence-electron chi connectivity index (χ1n) is 19.4.